The van der Waals surface area contributed by atoms with E-state index >= 15 is 0 Å². The van der Waals surface area contributed by atoms with Crippen LogP contribution in [0.15, 0.2) is 60.9 Å². The van der Waals surface area contributed by atoms with E-state index in [0.717, 1.165) is 23.3 Å². The largest absolute Gasteiger partial charge is 0.432 e. The second kappa shape index (κ2) is 8.94. The Bertz CT molecular complexity index is 933. The molecule has 0 aliphatic rings. The van der Waals surface area contributed by atoms with Crippen molar-refractivity contribution in [2.24, 2.45) is 0 Å². The van der Waals surface area contributed by atoms with Gasteiger partial charge in [-0.05, 0) is 29.3 Å². The average molecular weight is 390 g/mol. The van der Waals surface area contributed by atoms with Crippen LogP contribution < -0.4 is 15.4 Å². The van der Waals surface area contributed by atoms with Gasteiger partial charge in [-0.2, -0.15) is 13.9 Å². The zero-order chi connectivity index (χ0) is 19.9. The lowest BCUT2D eigenvalue weighted by molar-refractivity contribution is -0.0521. The molecule has 1 heterocycles. The van der Waals surface area contributed by atoms with E-state index in [-0.39, 0.29) is 12.2 Å². The molecule has 3 aromatic rings. The van der Waals surface area contributed by atoms with Crippen LogP contribution in [0.25, 0.3) is 0 Å². The maximum Gasteiger partial charge on any atom is 0.387 e. The molecule has 2 aromatic carbocycles. The molecular weight excluding hydrogens is 373 g/mol. The van der Waals surface area contributed by atoms with Crippen LogP contribution in [0.5, 0.6) is 5.75 Å². The third-order valence-electron chi connectivity index (χ3n) is 3.86. The first kappa shape index (κ1) is 19.3. The molecule has 146 valence electrons. The Morgan fingerprint density at radius 3 is 2.61 bits per heavy atom. The van der Waals surface area contributed by atoms with Crippen molar-refractivity contribution in [3.8, 4) is 5.75 Å². The van der Waals surface area contributed by atoms with Gasteiger partial charge in [-0.1, -0.05) is 24.3 Å². The van der Waals surface area contributed by atoms with E-state index in [2.05, 4.69) is 20.5 Å². The van der Waals surface area contributed by atoms with E-state index in [1.54, 1.807) is 10.9 Å². The van der Waals surface area contributed by atoms with Gasteiger partial charge in [-0.15, -0.1) is 0 Å². The Balaban J connectivity index is 1.58. The fraction of sp³-hybridized carbons (Fsp3) is 0.158. The molecule has 0 bridgehead atoms. The maximum absolute atomic E-state index is 13.7. The van der Waals surface area contributed by atoms with Crippen molar-refractivity contribution >= 4 is 11.7 Å². The van der Waals surface area contributed by atoms with Gasteiger partial charge in [0.05, 0.1) is 6.54 Å². The highest BCUT2D eigenvalue weighted by Gasteiger charge is 2.12. The lowest BCUT2D eigenvalue weighted by Crippen LogP contribution is -2.28. The molecule has 0 spiro atoms. The van der Waals surface area contributed by atoms with Crippen molar-refractivity contribution in [2.75, 3.05) is 5.32 Å². The number of nitrogens with one attached hydrogen (secondary N) is 2. The highest BCUT2D eigenvalue weighted by molar-refractivity contribution is 5.89. The molecule has 0 unspecified atom stereocenters. The molecule has 2 N–H and O–H groups in total. The number of amides is 2. The molecule has 2 amide bonds. The molecule has 1 aromatic heterocycles. The number of aromatic nitrogens is 2. The molecule has 6 nitrogen and oxygen atoms in total. The third-order valence-corrected chi connectivity index (χ3v) is 3.86. The summed E-state index contributed by atoms with van der Waals surface area (Å²) in [5.74, 6) is -1.59. The Morgan fingerprint density at radius 2 is 1.93 bits per heavy atom. The highest BCUT2D eigenvalue weighted by Crippen LogP contribution is 2.22. The number of anilines is 1. The fourth-order valence-corrected chi connectivity index (χ4v) is 2.57. The van der Waals surface area contributed by atoms with Crippen LogP contribution in [0.1, 0.15) is 11.1 Å². The summed E-state index contributed by atoms with van der Waals surface area (Å²) in [6.45, 7) is -2.32. The minimum absolute atomic E-state index is 0.112. The number of carbonyl (C=O) groups excluding carboxylic acids is 1. The van der Waals surface area contributed by atoms with Crippen molar-refractivity contribution in [3.05, 3.63) is 77.9 Å². The average Bonchev–Trinajstić information content (AvgIpc) is 3.16. The number of alkyl halides is 2. The van der Waals surface area contributed by atoms with Crippen LogP contribution >= 0.6 is 0 Å². The summed E-state index contributed by atoms with van der Waals surface area (Å²) in [6, 6.07) is 12.0. The molecule has 0 fully saturated rings. The lowest BCUT2D eigenvalue weighted by atomic mass is 10.1. The number of benzene rings is 2. The number of urea groups is 1. The third kappa shape index (κ3) is 5.26. The number of carbonyl (C=O) groups is 1. The number of ether oxygens (including phenoxy) is 1. The van der Waals surface area contributed by atoms with Gasteiger partial charge in [-0.3, -0.25) is 4.68 Å². The summed E-state index contributed by atoms with van der Waals surface area (Å²) >= 11 is 0. The van der Waals surface area contributed by atoms with Crippen molar-refractivity contribution in [2.45, 2.75) is 19.7 Å². The second-order valence-corrected chi connectivity index (χ2v) is 5.80. The predicted molar refractivity (Wildman–Crippen MR) is 96.7 cm³/mol. The minimum atomic E-state index is -3.13. The molecule has 3 rings (SSSR count). The van der Waals surface area contributed by atoms with Gasteiger partial charge < -0.3 is 15.4 Å². The van der Waals surface area contributed by atoms with Crippen LogP contribution in [0.3, 0.4) is 0 Å². The van der Waals surface area contributed by atoms with E-state index < -0.39 is 24.2 Å². The first-order chi connectivity index (χ1) is 13.5. The lowest BCUT2D eigenvalue weighted by Gasteiger charge is -2.12. The van der Waals surface area contributed by atoms with Crippen LogP contribution in [0, 0.1) is 5.82 Å². The molecule has 0 saturated heterocycles. The molecule has 0 saturated carbocycles. The molecule has 28 heavy (non-hydrogen) atoms. The van der Waals surface area contributed by atoms with Crippen molar-refractivity contribution in [1.29, 1.82) is 0 Å². The summed E-state index contributed by atoms with van der Waals surface area (Å²) in [6.07, 6.45) is 3.53. The zero-order valence-corrected chi connectivity index (χ0v) is 14.6. The van der Waals surface area contributed by atoms with E-state index in [1.807, 2.05) is 36.5 Å². The quantitative estimate of drug-likeness (QED) is 0.641. The molecule has 0 aliphatic heterocycles. The van der Waals surface area contributed by atoms with E-state index in [0.29, 0.717) is 6.54 Å². The smallest absolute Gasteiger partial charge is 0.387 e. The SMILES string of the molecule is O=C(NCc1ccccc1Cn1cccn1)Nc1ccc(OC(F)F)c(F)c1. The van der Waals surface area contributed by atoms with Crippen molar-refractivity contribution in [1.82, 2.24) is 15.1 Å². The topological polar surface area (TPSA) is 68.2 Å². The normalized spacial score (nSPS) is 10.7. The standard InChI is InChI=1S/C19H17F3N4O2/c20-16-10-15(6-7-17(16)28-18(21)22)25-19(27)23-11-13-4-1-2-5-14(13)12-26-9-3-8-24-26/h1-10,18H,11-12H2,(H2,23,25,27). The number of hydrogen-bond donors (Lipinski definition) is 2. The fourth-order valence-electron chi connectivity index (χ4n) is 2.57. The van der Waals surface area contributed by atoms with E-state index in [4.69, 9.17) is 0 Å². The van der Waals surface area contributed by atoms with E-state index in [1.165, 1.54) is 6.07 Å². The van der Waals surface area contributed by atoms with Gasteiger partial charge in [0.2, 0.25) is 0 Å². The Morgan fingerprint density at radius 1 is 1.14 bits per heavy atom. The first-order valence-electron chi connectivity index (χ1n) is 8.34. The Kier molecular flexibility index (Phi) is 6.15. The highest BCUT2D eigenvalue weighted by atomic mass is 19.3. The van der Waals surface area contributed by atoms with Gasteiger partial charge in [-0.25, -0.2) is 9.18 Å². The molecule has 9 heteroatoms. The number of nitrogens with zero attached hydrogens (tertiary/aromatic N) is 2. The van der Waals surface area contributed by atoms with Gasteiger partial charge in [0.25, 0.3) is 0 Å². The van der Waals surface area contributed by atoms with Gasteiger partial charge >= 0.3 is 12.6 Å². The summed E-state index contributed by atoms with van der Waals surface area (Å²) in [5, 5.41) is 9.29. The number of hydrogen-bond acceptors (Lipinski definition) is 3. The van der Waals surface area contributed by atoms with Crippen LogP contribution in [0.4, 0.5) is 23.7 Å². The summed E-state index contributed by atoms with van der Waals surface area (Å²) in [5.41, 5.74) is 2.01. The van der Waals surface area contributed by atoms with Gasteiger partial charge in [0.1, 0.15) is 0 Å². The van der Waals surface area contributed by atoms with Crippen molar-refractivity contribution in [3.63, 3.8) is 0 Å². The second-order valence-electron chi connectivity index (χ2n) is 5.80. The number of halogens is 3. The summed E-state index contributed by atoms with van der Waals surface area (Å²) < 4.78 is 43.8. The summed E-state index contributed by atoms with van der Waals surface area (Å²) in [7, 11) is 0. The Labute approximate surface area is 158 Å². The van der Waals surface area contributed by atoms with Gasteiger partial charge in [0.15, 0.2) is 11.6 Å². The first-order valence-corrected chi connectivity index (χ1v) is 8.34. The zero-order valence-electron chi connectivity index (χ0n) is 14.6. The Hall–Kier alpha value is -3.49. The van der Waals surface area contributed by atoms with Crippen LogP contribution in [-0.2, 0) is 13.1 Å². The minimum Gasteiger partial charge on any atom is -0.432 e. The monoisotopic (exact) mass is 390 g/mol. The maximum atomic E-state index is 13.7. The van der Waals surface area contributed by atoms with Gasteiger partial charge in [0, 0.05) is 30.7 Å². The van der Waals surface area contributed by atoms with E-state index in [9.17, 15) is 18.0 Å². The number of rotatable bonds is 7. The molecule has 0 aliphatic carbocycles. The van der Waals surface area contributed by atoms with Crippen LogP contribution in [-0.4, -0.2) is 22.4 Å². The molecular formula is C19H17F3N4O2. The van der Waals surface area contributed by atoms with Crippen molar-refractivity contribution < 1.29 is 22.7 Å². The molecule has 0 radical (unpaired) electrons. The predicted octanol–water partition coefficient (Wildman–Crippen LogP) is 3.99. The summed E-state index contributed by atoms with van der Waals surface area (Å²) in [4.78, 5) is 12.1. The van der Waals surface area contributed by atoms with Crippen LogP contribution in [0.2, 0.25) is 0 Å². The molecule has 0 atom stereocenters.